The van der Waals surface area contributed by atoms with E-state index < -0.39 is 0 Å². The molecule has 17 heavy (non-hydrogen) atoms. The zero-order chi connectivity index (χ0) is 12.1. The van der Waals surface area contributed by atoms with Crippen LogP contribution in [0.1, 0.15) is 5.56 Å². The Kier molecular flexibility index (Phi) is 3.55. The Morgan fingerprint density at radius 2 is 1.94 bits per heavy atom. The lowest BCUT2D eigenvalue weighted by Crippen LogP contribution is -1.94. The van der Waals surface area contributed by atoms with Gasteiger partial charge >= 0.3 is 5.97 Å². The van der Waals surface area contributed by atoms with Gasteiger partial charge in [0.25, 0.3) is 0 Å². The van der Waals surface area contributed by atoms with Gasteiger partial charge in [0, 0.05) is 6.08 Å². The molecule has 0 aliphatic rings. The number of allylic oxidation sites excluding steroid dienone is 1. The molecule has 0 aromatic heterocycles. The number of ether oxygens (including phenoxy) is 1. The van der Waals surface area contributed by atoms with Crippen molar-refractivity contribution < 1.29 is 9.53 Å². The lowest BCUT2D eigenvalue weighted by molar-refractivity contribution is -0.134. The van der Waals surface area contributed by atoms with Gasteiger partial charge in [-0.2, -0.15) is 0 Å². The minimum atomic E-state index is -0.314. The number of hydrogen-bond acceptors (Lipinski definition) is 2. The van der Waals surface area contributed by atoms with Crippen molar-refractivity contribution in [3.05, 3.63) is 60.2 Å². The van der Waals surface area contributed by atoms with Crippen LogP contribution in [0.3, 0.4) is 0 Å². The Morgan fingerprint density at radius 1 is 1.18 bits per heavy atom. The Labute approximate surface area is 101 Å². The first-order chi connectivity index (χ1) is 8.29. The highest BCUT2D eigenvalue weighted by Crippen LogP contribution is 2.16. The van der Waals surface area contributed by atoms with Gasteiger partial charge in [-0.15, -0.1) is 0 Å². The topological polar surface area (TPSA) is 26.3 Å². The standard InChI is InChI=1S/C15H14O2/c1-17-15(16)8-4-5-12-9-10-13-6-2-3-7-14(13)11-12/h2-4,6-11H,5H2,1H3. The first-order valence-corrected chi connectivity index (χ1v) is 5.52. The summed E-state index contributed by atoms with van der Waals surface area (Å²) in [5.41, 5.74) is 1.18. The first-order valence-electron chi connectivity index (χ1n) is 5.52. The maximum absolute atomic E-state index is 10.9. The average Bonchev–Trinajstić information content (AvgIpc) is 2.38. The SMILES string of the molecule is COC(=O)C=CCc1ccc2ccccc2c1. The maximum atomic E-state index is 10.9. The predicted molar refractivity (Wildman–Crippen MR) is 68.8 cm³/mol. The molecule has 0 amide bonds. The number of carbonyl (C=O) groups is 1. The van der Waals surface area contributed by atoms with Gasteiger partial charge in [0.05, 0.1) is 7.11 Å². The van der Waals surface area contributed by atoms with Crippen LogP contribution in [-0.2, 0) is 16.0 Å². The summed E-state index contributed by atoms with van der Waals surface area (Å²) in [6.45, 7) is 0. The third-order valence-electron chi connectivity index (χ3n) is 2.62. The summed E-state index contributed by atoms with van der Waals surface area (Å²) in [6, 6.07) is 14.5. The van der Waals surface area contributed by atoms with E-state index >= 15 is 0 Å². The maximum Gasteiger partial charge on any atom is 0.330 e. The van der Waals surface area contributed by atoms with E-state index in [4.69, 9.17) is 0 Å². The molecule has 2 aromatic carbocycles. The van der Waals surface area contributed by atoms with Gasteiger partial charge in [-0.1, -0.05) is 48.5 Å². The van der Waals surface area contributed by atoms with Crippen molar-refractivity contribution in [2.75, 3.05) is 7.11 Å². The molecule has 2 nitrogen and oxygen atoms in total. The van der Waals surface area contributed by atoms with Gasteiger partial charge in [-0.3, -0.25) is 0 Å². The fraction of sp³-hybridized carbons (Fsp3) is 0.133. The molecule has 0 fully saturated rings. The average molecular weight is 226 g/mol. The van der Waals surface area contributed by atoms with E-state index in [9.17, 15) is 4.79 Å². The molecule has 0 unspecified atom stereocenters. The Balaban J connectivity index is 2.14. The van der Waals surface area contributed by atoms with Crippen molar-refractivity contribution in [2.45, 2.75) is 6.42 Å². The summed E-state index contributed by atoms with van der Waals surface area (Å²) >= 11 is 0. The van der Waals surface area contributed by atoms with Crippen LogP contribution in [0.5, 0.6) is 0 Å². The minimum absolute atomic E-state index is 0.314. The summed E-state index contributed by atoms with van der Waals surface area (Å²) in [7, 11) is 1.38. The van der Waals surface area contributed by atoms with E-state index in [1.165, 1.54) is 29.5 Å². The van der Waals surface area contributed by atoms with Crippen molar-refractivity contribution >= 4 is 16.7 Å². The van der Waals surface area contributed by atoms with Crippen LogP contribution < -0.4 is 0 Å². The van der Waals surface area contributed by atoms with Crippen LogP contribution in [0.2, 0.25) is 0 Å². The molecule has 86 valence electrons. The highest BCUT2D eigenvalue weighted by Gasteiger charge is 1.95. The zero-order valence-electron chi connectivity index (χ0n) is 9.72. The van der Waals surface area contributed by atoms with E-state index in [-0.39, 0.29) is 5.97 Å². The molecule has 0 radical (unpaired) electrons. The molecule has 2 heteroatoms. The molecule has 0 heterocycles. The second-order valence-electron chi connectivity index (χ2n) is 3.81. The van der Waals surface area contributed by atoms with E-state index in [1.807, 2.05) is 18.2 Å². The minimum Gasteiger partial charge on any atom is -0.466 e. The number of esters is 1. The van der Waals surface area contributed by atoms with E-state index in [2.05, 4.69) is 35.1 Å². The van der Waals surface area contributed by atoms with Crippen molar-refractivity contribution in [1.82, 2.24) is 0 Å². The normalized spacial score (nSPS) is 10.9. The fourth-order valence-corrected chi connectivity index (χ4v) is 1.73. The predicted octanol–water partition coefficient (Wildman–Crippen LogP) is 3.11. The quantitative estimate of drug-likeness (QED) is 0.593. The number of carbonyl (C=O) groups excluding carboxylic acids is 1. The molecule has 0 aliphatic heterocycles. The highest BCUT2D eigenvalue weighted by atomic mass is 16.5. The van der Waals surface area contributed by atoms with Crippen LogP contribution in [-0.4, -0.2) is 13.1 Å². The van der Waals surface area contributed by atoms with Crippen LogP contribution in [0.25, 0.3) is 10.8 Å². The van der Waals surface area contributed by atoms with Crippen LogP contribution >= 0.6 is 0 Å². The lowest BCUT2D eigenvalue weighted by atomic mass is 10.1. The molecule has 0 aliphatic carbocycles. The highest BCUT2D eigenvalue weighted by molar-refractivity contribution is 5.83. The molecule has 0 saturated carbocycles. The van der Waals surface area contributed by atoms with Gasteiger partial charge in [0.2, 0.25) is 0 Å². The van der Waals surface area contributed by atoms with Gasteiger partial charge in [-0.05, 0) is 22.8 Å². The Morgan fingerprint density at radius 3 is 2.71 bits per heavy atom. The van der Waals surface area contributed by atoms with E-state index in [0.29, 0.717) is 0 Å². The molecule has 0 saturated heterocycles. The van der Waals surface area contributed by atoms with Crippen LogP contribution in [0, 0.1) is 0 Å². The third kappa shape index (κ3) is 2.94. The zero-order valence-corrected chi connectivity index (χ0v) is 9.72. The Hall–Kier alpha value is -2.09. The fourth-order valence-electron chi connectivity index (χ4n) is 1.73. The number of rotatable bonds is 3. The lowest BCUT2D eigenvalue weighted by Gasteiger charge is -2.00. The number of methoxy groups -OCH3 is 1. The van der Waals surface area contributed by atoms with Crippen LogP contribution in [0.15, 0.2) is 54.6 Å². The van der Waals surface area contributed by atoms with Gasteiger partial charge < -0.3 is 4.74 Å². The molecule has 2 aromatic rings. The summed E-state index contributed by atoms with van der Waals surface area (Å²) in [6.07, 6.45) is 4.01. The second kappa shape index (κ2) is 5.30. The summed E-state index contributed by atoms with van der Waals surface area (Å²) in [5.74, 6) is -0.314. The number of hydrogen-bond donors (Lipinski definition) is 0. The van der Waals surface area contributed by atoms with Crippen molar-refractivity contribution in [1.29, 1.82) is 0 Å². The van der Waals surface area contributed by atoms with Crippen molar-refractivity contribution in [3.8, 4) is 0 Å². The van der Waals surface area contributed by atoms with E-state index in [0.717, 1.165) is 6.42 Å². The van der Waals surface area contributed by atoms with Crippen molar-refractivity contribution in [2.24, 2.45) is 0 Å². The molecule has 0 N–H and O–H groups in total. The first kappa shape index (κ1) is 11.4. The van der Waals surface area contributed by atoms with Gasteiger partial charge in [0.15, 0.2) is 0 Å². The molecule has 0 bridgehead atoms. The second-order valence-corrected chi connectivity index (χ2v) is 3.81. The number of fused-ring (bicyclic) bond motifs is 1. The summed E-state index contributed by atoms with van der Waals surface area (Å²) < 4.78 is 4.53. The van der Waals surface area contributed by atoms with E-state index in [1.54, 1.807) is 0 Å². The van der Waals surface area contributed by atoms with Crippen molar-refractivity contribution in [3.63, 3.8) is 0 Å². The largest absolute Gasteiger partial charge is 0.466 e. The molecular weight excluding hydrogens is 212 g/mol. The summed E-state index contributed by atoms with van der Waals surface area (Å²) in [5, 5.41) is 2.45. The van der Waals surface area contributed by atoms with Gasteiger partial charge in [0.1, 0.15) is 0 Å². The van der Waals surface area contributed by atoms with Crippen LogP contribution in [0.4, 0.5) is 0 Å². The smallest absolute Gasteiger partial charge is 0.330 e. The molecule has 2 rings (SSSR count). The Bertz CT molecular complexity index is 556. The third-order valence-corrected chi connectivity index (χ3v) is 2.62. The number of benzene rings is 2. The molecule has 0 spiro atoms. The van der Waals surface area contributed by atoms with Gasteiger partial charge in [-0.25, -0.2) is 4.79 Å². The summed E-state index contributed by atoms with van der Waals surface area (Å²) in [4.78, 5) is 10.9. The molecule has 0 atom stereocenters. The monoisotopic (exact) mass is 226 g/mol. The molecular formula is C15H14O2.